The topological polar surface area (TPSA) is 81.1 Å². The van der Waals surface area contributed by atoms with E-state index in [1.54, 1.807) is 12.1 Å². The number of benzene rings is 1. The lowest BCUT2D eigenvalue weighted by Gasteiger charge is -2.20. The van der Waals surface area contributed by atoms with Gasteiger partial charge in [0.15, 0.2) is 0 Å². The van der Waals surface area contributed by atoms with Gasteiger partial charge < -0.3 is 16.8 Å². The minimum atomic E-state index is -0.447. The Bertz CT molecular complexity index is 399. The second kappa shape index (κ2) is 4.84. The van der Waals surface area contributed by atoms with Gasteiger partial charge in [-0.15, -0.1) is 0 Å². The van der Waals surface area contributed by atoms with E-state index in [-0.39, 0.29) is 5.54 Å². The molecule has 0 fully saturated rings. The maximum absolute atomic E-state index is 11.0. The van der Waals surface area contributed by atoms with Gasteiger partial charge in [0.25, 0.3) is 0 Å². The lowest BCUT2D eigenvalue weighted by Crippen LogP contribution is -2.39. The lowest BCUT2D eigenvalue weighted by atomic mass is 10.1. The third-order valence-corrected chi connectivity index (χ3v) is 2.64. The summed E-state index contributed by atoms with van der Waals surface area (Å²) in [5.41, 5.74) is 12.1. The second-order valence-electron chi connectivity index (χ2n) is 4.40. The molecule has 1 amide bonds. The quantitative estimate of drug-likeness (QED) is 0.788. The molecule has 0 unspecified atom stereocenters. The number of nitrogens with two attached hydrogens (primary N) is 2. The van der Waals surface area contributed by atoms with Crippen molar-refractivity contribution in [2.45, 2.75) is 19.4 Å². The van der Waals surface area contributed by atoms with Crippen LogP contribution < -0.4 is 16.8 Å². The smallest absolute Gasteiger partial charge is 0.249 e. The van der Waals surface area contributed by atoms with Crippen molar-refractivity contribution in [1.29, 1.82) is 0 Å². The molecule has 0 aliphatic carbocycles. The minimum Gasteiger partial charge on any atom is -0.383 e. The summed E-state index contributed by atoms with van der Waals surface area (Å²) in [6.07, 6.45) is 0. The number of hydrogen-bond acceptors (Lipinski definition) is 3. The van der Waals surface area contributed by atoms with Crippen LogP contribution in [0.3, 0.4) is 0 Å². The standard InChI is InChI=1S/C11H16BrN3O/c1-11(2,14)6-15-7-3-4-8(10(13)16)9(12)5-7/h3-5,15H,6,14H2,1-2H3,(H2,13,16). The Hall–Kier alpha value is -1.07. The van der Waals surface area contributed by atoms with Gasteiger partial charge in [-0.1, -0.05) is 0 Å². The van der Waals surface area contributed by atoms with Crippen molar-refractivity contribution < 1.29 is 4.79 Å². The molecule has 0 aliphatic heterocycles. The highest BCUT2D eigenvalue weighted by atomic mass is 79.9. The van der Waals surface area contributed by atoms with E-state index in [1.165, 1.54) is 0 Å². The van der Waals surface area contributed by atoms with Gasteiger partial charge >= 0.3 is 0 Å². The lowest BCUT2D eigenvalue weighted by molar-refractivity contribution is 0.0999. The summed E-state index contributed by atoms with van der Waals surface area (Å²) >= 11 is 3.30. The zero-order valence-electron chi connectivity index (χ0n) is 9.38. The zero-order valence-corrected chi connectivity index (χ0v) is 11.0. The fraction of sp³-hybridized carbons (Fsp3) is 0.364. The minimum absolute atomic E-state index is 0.283. The predicted octanol–water partition coefficient (Wildman–Crippen LogP) is 1.70. The predicted molar refractivity (Wildman–Crippen MR) is 69.4 cm³/mol. The number of carbonyl (C=O) groups excluding carboxylic acids is 1. The van der Waals surface area contributed by atoms with Gasteiger partial charge in [-0.25, -0.2) is 0 Å². The van der Waals surface area contributed by atoms with Crippen LogP contribution in [0.5, 0.6) is 0 Å². The van der Waals surface area contributed by atoms with Gasteiger partial charge in [-0.3, -0.25) is 4.79 Å². The molecule has 88 valence electrons. The van der Waals surface area contributed by atoms with Crippen LogP contribution in [0.15, 0.2) is 22.7 Å². The van der Waals surface area contributed by atoms with Crippen molar-refractivity contribution in [3.63, 3.8) is 0 Å². The summed E-state index contributed by atoms with van der Waals surface area (Å²) < 4.78 is 0.680. The van der Waals surface area contributed by atoms with E-state index in [1.807, 2.05) is 19.9 Å². The van der Waals surface area contributed by atoms with E-state index < -0.39 is 5.91 Å². The van der Waals surface area contributed by atoms with Crippen molar-refractivity contribution in [2.24, 2.45) is 11.5 Å². The number of anilines is 1. The van der Waals surface area contributed by atoms with E-state index in [2.05, 4.69) is 21.2 Å². The van der Waals surface area contributed by atoms with Gasteiger partial charge in [-0.05, 0) is 48.0 Å². The second-order valence-corrected chi connectivity index (χ2v) is 5.26. The third kappa shape index (κ3) is 3.83. The van der Waals surface area contributed by atoms with E-state index in [0.29, 0.717) is 16.6 Å². The highest BCUT2D eigenvalue weighted by molar-refractivity contribution is 9.10. The van der Waals surface area contributed by atoms with Crippen LogP contribution in [-0.2, 0) is 0 Å². The monoisotopic (exact) mass is 285 g/mol. The first-order valence-electron chi connectivity index (χ1n) is 4.92. The normalized spacial score (nSPS) is 11.2. The fourth-order valence-corrected chi connectivity index (χ4v) is 1.73. The zero-order chi connectivity index (χ0) is 12.3. The number of carbonyl (C=O) groups is 1. The summed E-state index contributed by atoms with van der Waals surface area (Å²) in [5.74, 6) is -0.447. The molecular weight excluding hydrogens is 270 g/mol. The summed E-state index contributed by atoms with van der Waals surface area (Å²) in [5, 5.41) is 3.18. The SMILES string of the molecule is CC(C)(N)CNc1ccc(C(N)=O)c(Br)c1. The van der Waals surface area contributed by atoms with Crippen LogP contribution in [0, 0.1) is 0 Å². The molecule has 0 atom stereocenters. The largest absolute Gasteiger partial charge is 0.383 e. The Labute approximate surface area is 104 Å². The molecule has 0 radical (unpaired) electrons. The Kier molecular flexibility index (Phi) is 3.93. The molecular formula is C11H16BrN3O. The van der Waals surface area contributed by atoms with E-state index in [9.17, 15) is 4.79 Å². The summed E-state index contributed by atoms with van der Waals surface area (Å²) in [4.78, 5) is 11.0. The van der Waals surface area contributed by atoms with Gasteiger partial charge in [0.05, 0.1) is 5.56 Å². The Morgan fingerprint density at radius 1 is 1.50 bits per heavy atom. The average molecular weight is 286 g/mol. The van der Waals surface area contributed by atoms with Crippen molar-refractivity contribution >= 4 is 27.5 Å². The van der Waals surface area contributed by atoms with Gasteiger partial charge in [0.2, 0.25) is 5.91 Å². The summed E-state index contributed by atoms with van der Waals surface area (Å²) in [6.45, 7) is 4.52. The first kappa shape index (κ1) is 13.0. The van der Waals surface area contributed by atoms with Crippen LogP contribution in [0.25, 0.3) is 0 Å². The number of amides is 1. The highest BCUT2D eigenvalue weighted by Crippen LogP contribution is 2.21. The van der Waals surface area contributed by atoms with Crippen LogP contribution in [0.2, 0.25) is 0 Å². The molecule has 16 heavy (non-hydrogen) atoms. The summed E-state index contributed by atoms with van der Waals surface area (Å²) in [7, 11) is 0. The number of hydrogen-bond donors (Lipinski definition) is 3. The molecule has 0 bridgehead atoms. The third-order valence-electron chi connectivity index (χ3n) is 1.98. The van der Waals surface area contributed by atoms with E-state index in [4.69, 9.17) is 11.5 Å². The molecule has 0 saturated carbocycles. The number of primary amides is 1. The average Bonchev–Trinajstić information content (AvgIpc) is 2.13. The van der Waals surface area contributed by atoms with Crippen molar-refractivity contribution in [1.82, 2.24) is 0 Å². The van der Waals surface area contributed by atoms with Crippen LogP contribution >= 0.6 is 15.9 Å². The first-order valence-corrected chi connectivity index (χ1v) is 5.71. The van der Waals surface area contributed by atoms with Crippen molar-refractivity contribution in [2.75, 3.05) is 11.9 Å². The Balaban J connectivity index is 2.78. The highest BCUT2D eigenvalue weighted by Gasteiger charge is 2.11. The Morgan fingerprint density at radius 2 is 2.12 bits per heavy atom. The molecule has 5 N–H and O–H groups in total. The van der Waals surface area contributed by atoms with Gasteiger partial charge in [0.1, 0.15) is 0 Å². The molecule has 0 heterocycles. The fourth-order valence-electron chi connectivity index (χ4n) is 1.15. The molecule has 4 nitrogen and oxygen atoms in total. The van der Waals surface area contributed by atoms with Gasteiger partial charge in [0, 0.05) is 22.2 Å². The van der Waals surface area contributed by atoms with Crippen LogP contribution in [-0.4, -0.2) is 18.0 Å². The molecule has 0 saturated heterocycles. The molecule has 0 aromatic heterocycles. The molecule has 0 aliphatic rings. The maximum Gasteiger partial charge on any atom is 0.249 e. The van der Waals surface area contributed by atoms with E-state index >= 15 is 0 Å². The first-order chi connectivity index (χ1) is 7.29. The molecule has 0 spiro atoms. The van der Waals surface area contributed by atoms with E-state index in [0.717, 1.165) is 5.69 Å². The molecule has 1 aromatic rings. The number of nitrogens with one attached hydrogen (secondary N) is 1. The molecule has 1 aromatic carbocycles. The Morgan fingerprint density at radius 3 is 2.56 bits per heavy atom. The van der Waals surface area contributed by atoms with Crippen molar-refractivity contribution in [3.05, 3.63) is 28.2 Å². The number of rotatable bonds is 4. The van der Waals surface area contributed by atoms with Crippen LogP contribution in [0.4, 0.5) is 5.69 Å². The summed E-state index contributed by atoms with van der Waals surface area (Å²) in [6, 6.07) is 5.29. The van der Waals surface area contributed by atoms with Gasteiger partial charge in [-0.2, -0.15) is 0 Å². The molecule has 5 heteroatoms. The van der Waals surface area contributed by atoms with Crippen molar-refractivity contribution in [3.8, 4) is 0 Å². The number of halogens is 1. The molecule has 1 rings (SSSR count). The maximum atomic E-state index is 11.0. The van der Waals surface area contributed by atoms with Crippen LogP contribution in [0.1, 0.15) is 24.2 Å².